The summed E-state index contributed by atoms with van der Waals surface area (Å²) in [6.07, 6.45) is 7.62. The first-order valence-electron chi connectivity index (χ1n) is 6.33. The van der Waals surface area contributed by atoms with Gasteiger partial charge >= 0.3 is 0 Å². The first kappa shape index (κ1) is 11.9. The predicted molar refractivity (Wildman–Crippen MR) is 69.7 cm³/mol. The average Bonchev–Trinajstić information content (AvgIpc) is 2.39. The Balaban J connectivity index is 1.76. The molecule has 0 aromatic heterocycles. The second-order valence-electron chi connectivity index (χ2n) is 4.55. The van der Waals surface area contributed by atoms with Gasteiger partial charge < -0.3 is 5.32 Å². The number of carbonyl (C=O) groups is 1. The SMILES string of the molecule is O=C(Cc1ccccc1)NCC1=CCCCC1. The molecule has 0 saturated carbocycles. The van der Waals surface area contributed by atoms with Crippen LogP contribution >= 0.6 is 0 Å². The van der Waals surface area contributed by atoms with Crippen LogP contribution in [-0.2, 0) is 11.2 Å². The third-order valence-electron chi connectivity index (χ3n) is 3.11. The van der Waals surface area contributed by atoms with Gasteiger partial charge in [-0.2, -0.15) is 0 Å². The van der Waals surface area contributed by atoms with Gasteiger partial charge in [0.25, 0.3) is 0 Å². The highest BCUT2D eigenvalue weighted by molar-refractivity contribution is 5.78. The molecule has 0 unspecified atom stereocenters. The molecule has 0 bridgehead atoms. The molecule has 2 heteroatoms. The van der Waals surface area contributed by atoms with Crippen molar-refractivity contribution >= 4 is 5.91 Å². The summed E-state index contributed by atoms with van der Waals surface area (Å²) in [5.74, 6) is 0.114. The van der Waals surface area contributed by atoms with Gasteiger partial charge in [0, 0.05) is 6.54 Å². The Bertz CT molecular complexity index is 395. The summed E-state index contributed by atoms with van der Waals surface area (Å²) < 4.78 is 0. The van der Waals surface area contributed by atoms with E-state index in [1.807, 2.05) is 30.3 Å². The molecule has 2 rings (SSSR count). The zero-order valence-corrected chi connectivity index (χ0v) is 10.1. The van der Waals surface area contributed by atoms with Gasteiger partial charge in [0.15, 0.2) is 0 Å². The Morgan fingerprint density at radius 1 is 1.18 bits per heavy atom. The van der Waals surface area contributed by atoms with Gasteiger partial charge in [0.1, 0.15) is 0 Å². The molecule has 1 N–H and O–H groups in total. The molecule has 0 aliphatic heterocycles. The van der Waals surface area contributed by atoms with Crippen molar-refractivity contribution in [2.24, 2.45) is 0 Å². The molecule has 0 fully saturated rings. The lowest BCUT2D eigenvalue weighted by Crippen LogP contribution is -2.27. The number of allylic oxidation sites excluding steroid dienone is 1. The molecular weight excluding hydrogens is 210 g/mol. The molecular formula is C15H19NO. The van der Waals surface area contributed by atoms with Crippen LogP contribution in [-0.4, -0.2) is 12.5 Å². The molecule has 1 aliphatic carbocycles. The quantitative estimate of drug-likeness (QED) is 0.790. The number of nitrogens with one attached hydrogen (secondary N) is 1. The van der Waals surface area contributed by atoms with Crippen molar-refractivity contribution in [3.8, 4) is 0 Å². The monoisotopic (exact) mass is 229 g/mol. The van der Waals surface area contributed by atoms with Crippen molar-refractivity contribution in [3.05, 3.63) is 47.5 Å². The van der Waals surface area contributed by atoms with E-state index in [2.05, 4.69) is 11.4 Å². The van der Waals surface area contributed by atoms with Gasteiger partial charge in [-0.05, 0) is 31.2 Å². The van der Waals surface area contributed by atoms with Crippen LogP contribution < -0.4 is 5.32 Å². The van der Waals surface area contributed by atoms with E-state index in [4.69, 9.17) is 0 Å². The number of benzene rings is 1. The van der Waals surface area contributed by atoms with E-state index in [0.717, 1.165) is 18.5 Å². The predicted octanol–water partition coefficient (Wildman–Crippen LogP) is 2.85. The Labute approximate surface area is 103 Å². The Hall–Kier alpha value is -1.57. The van der Waals surface area contributed by atoms with Gasteiger partial charge in [0.05, 0.1) is 6.42 Å². The van der Waals surface area contributed by atoms with Crippen LogP contribution in [0.3, 0.4) is 0 Å². The van der Waals surface area contributed by atoms with Gasteiger partial charge in [-0.1, -0.05) is 42.0 Å². The van der Waals surface area contributed by atoms with Crippen molar-refractivity contribution < 1.29 is 4.79 Å². The van der Waals surface area contributed by atoms with E-state index in [0.29, 0.717) is 6.42 Å². The first-order valence-corrected chi connectivity index (χ1v) is 6.33. The highest BCUT2D eigenvalue weighted by Crippen LogP contribution is 2.16. The smallest absolute Gasteiger partial charge is 0.224 e. The molecule has 0 saturated heterocycles. The van der Waals surface area contributed by atoms with E-state index in [-0.39, 0.29) is 5.91 Å². The fourth-order valence-corrected chi connectivity index (χ4v) is 2.12. The highest BCUT2D eigenvalue weighted by atomic mass is 16.1. The normalized spacial score (nSPS) is 15.2. The van der Waals surface area contributed by atoms with Crippen molar-refractivity contribution in [2.75, 3.05) is 6.54 Å². The summed E-state index contributed by atoms with van der Waals surface area (Å²) >= 11 is 0. The molecule has 0 radical (unpaired) electrons. The Morgan fingerprint density at radius 2 is 2.00 bits per heavy atom. The molecule has 1 aliphatic rings. The number of rotatable bonds is 4. The van der Waals surface area contributed by atoms with Crippen LogP contribution in [0.2, 0.25) is 0 Å². The van der Waals surface area contributed by atoms with Crippen molar-refractivity contribution in [3.63, 3.8) is 0 Å². The fourth-order valence-electron chi connectivity index (χ4n) is 2.12. The topological polar surface area (TPSA) is 29.1 Å². The van der Waals surface area contributed by atoms with Crippen LogP contribution in [0, 0.1) is 0 Å². The Morgan fingerprint density at radius 3 is 2.71 bits per heavy atom. The third-order valence-corrected chi connectivity index (χ3v) is 3.11. The fraction of sp³-hybridized carbons (Fsp3) is 0.400. The zero-order valence-electron chi connectivity index (χ0n) is 10.1. The maximum atomic E-state index is 11.7. The van der Waals surface area contributed by atoms with Crippen molar-refractivity contribution in [1.82, 2.24) is 5.32 Å². The molecule has 1 amide bonds. The van der Waals surface area contributed by atoms with Gasteiger partial charge in [-0.15, -0.1) is 0 Å². The standard InChI is InChI=1S/C15H19NO/c17-15(11-13-7-3-1-4-8-13)16-12-14-9-5-2-6-10-14/h1,3-4,7-9H,2,5-6,10-12H2,(H,16,17). The summed E-state index contributed by atoms with van der Waals surface area (Å²) in [6.45, 7) is 0.728. The van der Waals surface area contributed by atoms with Crippen LogP contribution in [0.5, 0.6) is 0 Å². The van der Waals surface area contributed by atoms with E-state index in [1.165, 1.54) is 24.8 Å². The summed E-state index contributed by atoms with van der Waals surface area (Å²) in [4.78, 5) is 11.7. The second-order valence-corrected chi connectivity index (χ2v) is 4.55. The molecule has 0 heterocycles. The van der Waals surface area contributed by atoms with E-state index in [9.17, 15) is 4.79 Å². The van der Waals surface area contributed by atoms with E-state index < -0.39 is 0 Å². The van der Waals surface area contributed by atoms with Crippen molar-refractivity contribution in [2.45, 2.75) is 32.1 Å². The molecule has 0 spiro atoms. The minimum absolute atomic E-state index is 0.114. The number of amides is 1. The Kier molecular flexibility index (Phi) is 4.37. The van der Waals surface area contributed by atoms with Crippen LogP contribution in [0.25, 0.3) is 0 Å². The number of carbonyl (C=O) groups excluding carboxylic acids is 1. The molecule has 1 aromatic carbocycles. The lowest BCUT2D eigenvalue weighted by atomic mass is 9.99. The molecule has 1 aromatic rings. The maximum absolute atomic E-state index is 11.7. The van der Waals surface area contributed by atoms with E-state index in [1.54, 1.807) is 0 Å². The van der Waals surface area contributed by atoms with Gasteiger partial charge in [-0.25, -0.2) is 0 Å². The summed E-state index contributed by atoms with van der Waals surface area (Å²) in [5, 5.41) is 2.99. The maximum Gasteiger partial charge on any atom is 0.224 e. The van der Waals surface area contributed by atoms with Crippen LogP contribution in [0.4, 0.5) is 0 Å². The summed E-state index contributed by atoms with van der Waals surface area (Å²) in [7, 11) is 0. The zero-order chi connectivity index (χ0) is 11.9. The summed E-state index contributed by atoms with van der Waals surface area (Å²) in [6, 6.07) is 9.87. The largest absolute Gasteiger partial charge is 0.352 e. The van der Waals surface area contributed by atoms with Crippen LogP contribution in [0.15, 0.2) is 42.0 Å². The molecule has 0 atom stereocenters. The van der Waals surface area contributed by atoms with E-state index >= 15 is 0 Å². The lowest BCUT2D eigenvalue weighted by molar-refractivity contribution is -0.120. The van der Waals surface area contributed by atoms with Crippen LogP contribution in [0.1, 0.15) is 31.2 Å². The minimum atomic E-state index is 0.114. The van der Waals surface area contributed by atoms with Gasteiger partial charge in [-0.3, -0.25) is 4.79 Å². The first-order chi connectivity index (χ1) is 8.34. The minimum Gasteiger partial charge on any atom is -0.352 e. The molecule has 17 heavy (non-hydrogen) atoms. The number of hydrogen-bond donors (Lipinski definition) is 1. The molecule has 2 nitrogen and oxygen atoms in total. The summed E-state index contributed by atoms with van der Waals surface area (Å²) in [5.41, 5.74) is 2.46. The van der Waals surface area contributed by atoms with Crippen molar-refractivity contribution in [1.29, 1.82) is 0 Å². The second kappa shape index (κ2) is 6.24. The molecule has 90 valence electrons. The highest BCUT2D eigenvalue weighted by Gasteiger charge is 2.06. The lowest BCUT2D eigenvalue weighted by Gasteiger charge is -2.13. The van der Waals surface area contributed by atoms with Gasteiger partial charge in [0.2, 0.25) is 5.91 Å². The number of hydrogen-bond acceptors (Lipinski definition) is 1. The average molecular weight is 229 g/mol. The third kappa shape index (κ3) is 4.06.